The van der Waals surface area contributed by atoms with Crippen LogP contribution in [0, 0.1) is 5.82 Å². The quantitative estimate of drug-likeness (QED) is 0.271. The Bertz CT molecular complexity index is 1670. The van der Waals surface area contributed by atoms with Crippen molar-refractivity contribution >= 4 is 26.9 Å². The molecule has 1 amide bonds. The first-order valence-electron chi connectivity index (χ1n) is 11.6. The number of carbonyl (C=O) groups is 1. The Kier molecular flexibility index (Phi) is 6.95. The average Bonchev–Trinajstić information content (AvgIpc) is 3.36. The van der Waals surface area contributed by atoms with Crippen LogP contribution in [-0.4, -0.2) is 41.2 Å². The van der Waals surface area contributed by atoms with Gasteiger partial charge in [0, 0.05) is 36.0 Å². The number of aromatic nitrogens is 2. The highest BCUT2D eigenvalue weighted by Crippen LogP contribution is 2.30. The van der Waals surface area contributed by atoms with E-state index in [4.69, 9.17) is 4.42 Å². The van der Waals surface area contributed by atoms with Gasteiger partial charge in [0.1, 0.15) is 17.4 Å². The molecule has 0 saturated carbocycles. The number of nitrogens with zero attached hydrogens (tertiary/aromatic N) is 3. The first-order valence-corrected chi connectivity index (χ1v) is 13.1. The maximum absolute atomic E-state index is 13.6. The number of amides is 1. The second-order valence-corrected chi connectivity index (χ2v) is 10.6. The minimum atomic E-state index is -4.50. The first-order chi connectivity index (χ1) is 18.5. The third kappa shape index (κ3) is 5.54. The summed E-state index contributed by atoms with van der Waals surface area (Å²) in [6.45, 7) is -0.134. The van der Waals surface area contributed by atoms with Gasteiger partial charge in [-0.15, -0.1) is 0 Å². The van der Waals surface area contributed by atoms with Crippen molar-refractivity contribution in [1.82, 2.24) is 19.6 Å². The van der Waals surface area contributed by atoms with E-state index < -0.39 is 44.6 Å². The molecule has 0 fully saturated rings. The minimum absolute atomic E-state index is 0.0642. The zero-order valence-electron chi connectivity index (χ0n) is 20.0. The molecule has 8 nitrogen and oxygen atoms in total. The number of pyridine rings is 2. The van der Waals surface area contributed by atoms with E-state index >= 15 is 0 Å². The SMILES string of the molecule is O=C(NCc1cc(-c2ccc(C(F)(F)F)cn2)ccn1)[C@@H]1CC=CCN1S(=O)(=O)c1cc2cc(F)ccc2o1. The molecule has 1 aromatic carbocycles. The summed E-state index contributed by atoms with van der Waals surface area (Å²) in [7, 11) is -4.24. The fraction of sp³-hybridized carbons (Fsp3) is 0.192. The molecule has 5 rings (SSSR count). The van der Waals surface area contributed by atoms with Gasteiger partial charge in [-0.3, -0.25) is 14.8 Å². The number of sulfonamides is 1. The number of furan rings is 1. The van der Waals surface area contributed by atoms with Crippen molar-refractivity contribution in [2.75, 3.05) is 6.54 Å². The predicted octanol–water partition coefficient (Wildman–Crippen LogP) is 4.68. The molecule has 0 radical (unpaired) electrons. The van der Waals surface area contributed by atoms with Crippen LogP contribution in [-0.2, 0) is 27.5 Å². The van der Waals surface area contributed by atoms with Crippen LogP contribution in [0.15, 0.2) is 82.6 Å². The second-order valence-electron chi connectivity index (χ2n) is 8.73. The van der Waals surface area contributed by atoms with Crippen molar-refractivity contribution in [1.29, 1.82) is 0 Å². The third-order valence-electron chi connectivity index (χ3n) is 6.13. The number of carbonyl (C=O) groups excluding carboxylic acids is 1. The maximum atomic E-state index is 13.6. The van der Waals surface area contributed by atoms with Crippen LogP contribution in [0.25, 0.3) is 22.2 Å². The zero-order chi connectivity index (χ0) is 27.8. The fourth-order valence-electron chi connectivity index (χ4n) is 4.15. The van der Waals surface area contributed by atoms with Crippen molar-refractivity contribution in [2.45, 2.75) is 30.3 Å². The maximum Gasteiger partial charge on any atom is 0.417 e. The Hall–Kier alpha value is -4.10. The van der Waals surface area contributed by atoms with E-state index in [-0.39, 0.29) is 30.5 Å². The molecule has 1 N–H and O–H groups in total. The van der Waals surface area contributed by atoms with Crippen LogP contribution in [0.3, 0.4) is 0 Å². The third-order valence-corrected chi connectivity index (χ3v) is 7.86. The van der Waals surface area contributed by atoms with Crippen molar-refractivity contribution in [2.24, 2.45) is 0 Å². The largest absolute Gasteiger partial charge is 0.443 e. The van der Waals surface area contributed by atoms with Crippen LogP contribution in [0.2, 0.25) is 0 Å². The highest BCUT2D eigenvalue weighted by molar-refractivity contribution is 7.89. The molecule has 0 bridgehead atoms. The van der Waals surface area contributed by atoms with Crippen LogP contribution in [0.5, 0.6) is 0 Å². The Morgan fingerprint density at radius 1 is 1.08 bits per heavy atom. The van der Waals surface area contributed by atoms with E-state index in [1.807, 2.05) is 0 Å². The lowest BCUT2D eigenvalue weighted by Gasteiger charge is -2.30. The highest BCUT2D eigenvalue weighted by Gasteiger charge is 2.38. The molecular weight excluding hydrogens is 540 g/mol. The average molecular weight is 561 g/mol. The molecule has 1 aliphatic rings. The lowest BCUT2D eigenvalue weighted by Crippen LogP contribution is -2.50. The fourth-order valence-corrected chi connectivity index (χ4v) is 5.65. The molecular formula is C26H20F4N4O4S. The summed E-state index contributed by atoms with van der Waals surface area (Å²) in [5, 5.41) is 2.54. The normalized spacial score (nSPS) is 16.5. The van der Waals surface area contributed by atoms with Gasteiger partial charge in [-0.25, -0.2) is 12.8 Å². The zero-order valence-corrected chi connectivity index (χ0v) is 20.8. The number of benzene rings is 1. The van der Waals surface area contributed by atoms with Crippen LogP contribution >= 0.6 is 0 Å². The topological polar surface area (TPSA) is 105 Å². The first kappa shape index (κ1) is 26.5. The standard InChI is InChI=1S/C26H20F4N4O4S/c27-19-5-7-23-17(11-19)13-24(38-23)39(36,37)34-10-2-1-3-22(34)25(35)33-15-20-12-16(8-9-31-20)21-6-4-18(14-32-21)26(28,29)30/h1-2,4-9,11-14,22H,3,10,15H2,(H,33,35)/t22-/m0/s1. The number of rotatable bonds is 6. The molecule has 0 spiro atoms. The summed E-state index contributed by atoms with van der Waals surface area (Å²) in [6.07, 6.45) is 1.09. The molecule has 1 atom stereocenters. The number of alkyl halides is 3. The van der Waals surface area contributed by atoms with Gasteiger partial charge < -0.3 is 9.73 Å². The van der Waals surface area contributed by atoms with E-state index in [0.717, 1.165) is 28.7 Å². The van der Waals surface area contributed by atoms with E-state index in [0.29, 0.717) is 17.0 Å². The molecule has 0 saturated heterocycles. The highest BCUT2D eigenvalue weighted by atomic mass is 32.2. The molecule has 39 heavy (non-hydrogen) atoms. The van der Waals surface area contributed by atoms with E-state index in [1.54, 1.807) is 24.3 Å². The summed E-state index contributed by atoms with van der Waals surface area (Å²) in [5.74, 6) is -1.12. The van der Waals surface area contributed by atoms with Gasteiger partial charge in [0.05, 0.1) is 23.5 Å². The van der Waals surface area contributed by atoms with Gasteiger partial charge in [0.25, 0.3) is 10.0 Å². The molecule has 4 aromatic rings. The van der Waals surface area contributed by atoms with Crippen LogP contribution < -0.4 is 5.32 Å². The Labute approximate surface area is 220 Å². The molecule has 13 heteroatoms. The summed E-state index contributed by atoms with van der Waals surface area (Å²) in [4.78, 5) is 21.1. The van der Waals surface area contributed by atoms with Gasteiger partial charge in [-0.1, -0.05) is 12.2 Å². The van der Waals surface area contributed by atoms with Gasteiger partial charge >= 0.3 is 6.18 Å². The number of fused-ring (bicyclic) bond motifs is 1. The number of nitrogens with one attached hydrogen (secondary N) is 1. The van der Waals surface area contributed by atoms with Crippen molar-refractivity contribution in [3.63, 3.8) is 0 Å². The summed E-state index contributed by atoms with van der Waals surface area (Å²) >= 11 is 0. The van der Waals surface area contributed by atoms with Crippen LogP contribution in [0.1, 0.15) is 17.7 Å². The Morgan fingerprint density at radius 3 is 2.64 bits per heavy atom. The number of hydrogen-bond acceptors (Lipinski definition) is 6. The monoisotopic (exact) mass is 560 g/mol. The second kappa shape index (κ2) is 10.2. The minimum Gasteiger partial charge on any atom is -0.443 e. The van der Waals surface area contributed by atoms with E-state index in [1.165, 1.54) is 24.4 Å². The lowest BCUT2D eigenvalue weighted by molar-refractivity contribution is -0.137. The Morgan fingerprint density at radius 2 is 1.90 bits per heavy atom. The molecule has 202 valence electrons. The lowest BCUT2D eigenvalue weighted by atomic mass is 10.1. The molecule has 0 unspecified atom stereocenters. The van der Waals surface area contributed by atoms with Crippen LogP contribution in [0.4, 0.5) is 17.6 Å². The molecule has 3 aromatic heterocycles. The summed E-state index contributed by atoms with van der Waals surface area (Å²) in [6, 6.07) is 9.07. The van der Waals surface area contributed by atoms with Gasteiger partial charge in [-0.2, -0.15) is 17.5 Å². The molecule has 1 aliphatic heterocycles. The van der Waals surface area contributed by atoms with E-state index in [2.05, 4.69) is 15.3 Å². The molecule has 4 heterocycles. The van der Waals surface area contributed by atoms with E-state index in [9.17, 15) is 30.8 Å². The smallest absolute Gasteiger partial charge is 0.417 e. The molecule has 0 aliphatic carbocycles. The van der Waals surface area contributed by atoms with Gasteiger partial charge in [0.15, 0.2) is 0 Å². The van der Waals surface area contributed by atoms with Gasteiger partial charge in [0.2, 0.25) is 11.0 Å². The van der Waals surface area contributed by atoms with Crippen molar-refractivity contribution in [3.8, 4) is 11.3 Å². The Balaban J connectivity index is 1.31. The number of hydrogen-bond donors (Lipinski definition) is 1. The number of halogens is 4. The van der Waals surface area contributed by atoms with Crippen molar-refractivity contribution < 1.29 is 35.2 Å². The predicted molar refractivity (Wildman–Crippen MR) is 132 cm³/mol. The van der Waals surface area contributed by atoms with Gasteiger partial charge in [-0.05, 0) is 48.9 Å². The summed E-state index contributed by atoms with van der Waals surface area (Å²) < 4.78 is 85.2. The summed E-state index contributed by atoms with van der Waals surface area (Å²) in [5.41, 5.74) is 0.496. The van der Waals surface area contributed by atoms with Crippen molar-refractivity contribution in [3.05, 3.63) is 90.2 Å².